The average Bonchev–Trinajstić information content (AvgIpc) is 2.54. The first-order valence-electron chi connectivity index (χ1n) is 6.46. The van der Waals surface area contributed by atoms with Gasteiger partial charge in [-0.3, -0.25) is 0 Å². The SMILES string of the molecule is C=CC(=O)OC(O)COC(=O)c1ccccc1C(=O)O.CC. The van der Waals surface area contributed by atoms with Crippen LogP contribution in [0.1, 0.15) is 34.6 Å². The number of ether oxygens (including phenoxy) is 2. The van der Waals surface area contributed by atoms with E-state index >= 15 is 0 Å². The van der Waals surface area contributed by atoms with Crippen LogP contribution in [-0.2, 0) is 14.3 Å². The highest BCUT2D eigenvalue weighted by atomic mass is 16.7. The van der Waals surface area contributed by atoms with Crippen molar-refractivity contribution in [3.05, 3.63) is 48.0 Å². The number of carbonyl (C=O) groups excluding carboxylic acids is 2. The maximum Gasteiger partial charge on any atom is 0.339 e. The summed E-state index contributed by atoms with van der Waals surface area (Å²) >= 11 is 0. The predicted octanol–water partition coefficient (Wildman–Crippen LogP) is 1.62. The topological polar surface area (TPSA) is 110 Å². The maximum absolute atomic E-state index is 11.7. The zero-order valence-electron chi connectivity index (χ0n) is 12.3. The van der Waals surface area contributed by atoms with Gasteiger partial charge in [-0.05, 0) is 12.1 Å². The molecule has 1 aromatic carbocycles. The van der Waals surface area contributed by atoms with E-state index in [0.29, 0.717) is 0 Å². The molecule has 0 saturated carbocycles. The van der Waals surface area contributed by atoms with Gasteiger partial charge >= 0.3 is 17.9 Å². The van der Waals surface area contributed by atoms with Gasteiger partial charge < -0.3 is 19.7 Å². The summed E-state index contributed by atoms with van der Waals surface area (Å²) in [6.45, 7) is 6.51. The van der Waals surface area contributed by atoms with Crippen LogP contribution in [0.2, 0.25) is 0 Å². The number of rotatable bonds is 6. The van der Waals surface area contributed by atoms with Crippen LogP contribution in [0.4, 0.5) is 0 Å². The number of carboxylic acid groups (broad SMARTS) is 1. The van der Waals surface area contributed by atoms with Crippen molar-refractivity contribution in [2.24, 2.45) is 0 Å². The molecule has 0 amide bonds. The van der Waals surface area contributed by atoms with Gasteiger partial charge in [-0.1, -0.05) is 32.6 Å². The van der Waals surface area contributed by atoms with Gasteiger partial charge in [0.15, 0.2) is 6.61 Å². The van der Waals surface area contributed by atoms with Crippen molar-refractivity contribution >= 4 is 17.9 Å². The molecule has 2 N–H and O–H groups in total. The number of carbonyl (C=O) groups is 3. The standard InChI is InChI=1S/C13H12O7.C2H6/c1-2-10(14)20-11(15)7-19-13(18)9-6-4-3-5-8(9)12(16)17;1-2/h2-6,11,15H,1,7H2,(H,16,17);1-2H3. The van der Waals surface area contributed by atoms with Gasteiger partial charge in [-0.2, -0.15) is 0 Å². The minimum atomic E-state index is -1.65. The van der Waals surface area contributed by atoms with Crippen LogP contribution in [-0.4, -0.2) is 41.0 Å². The van der Waals surface area contributed by atoms with Crippen molar-refractivity contribution in [1.82, 2.24) is 0 Å². The van der Waals surface area contributed by atoms with E-state index in [9.17, 15) is 19.5 Å². The largest absolute Gasteiger partial charge is 0.478 e. The molecule has 0 fully saturated rings. The second kappa shape index (κ2) is 10.1. The van der Waals surface area contributed by atoms with E-state index in [4.69, 9.17) is 5.11 Å². The molecule has 1 rings (SSSR count). The quantitative estimate of drug-likeness (QED) is 0.466. The number of aliphatic hydroxyl groups excluding tert-OH is 1. The lowest BCUT2D eigenvalue weighted by atomic mass is 10.1. The molecule has 22 heavy (non-hydrogen) atoms. The van der Waals surface area contributed by atoms with Crippen molar-refractivity contribution in [1.29, 1.82) is 0 Å². The van der Waals surface area contributed by atoms with Crippen molar-refractivity contribution in [3.63, 3.8) is 0 Å². The summed E-state index contributed by atoms with van der Waals surface area (Å²) in [7, 11) is 0. The van der Waals surface area contributed by atoms with E-state index in [2.05, 4.69) is 16.1 Å². The Bertz CT molecular complexity index is 536. The van der Waals surface area contributed by atoms with Gasteiger partial charge in [-0.15, -0.1) is 0 Å². The minimum absolute atomic E-state index is 0.165. The molecule has 0 heterocycles. The predicted molar refractivity (Wildman–Crippen MR) is 77.3 cm³/mol. The molecule has 0 aliphatic heterocycles. The number of hydrogen-bond acceptors (Lipinski definition) is 6. The molecule has 0 saturated heterocycles. The molecule has 0 spiro atoms. The summed E-state index contributed by atoms with van der Waals surface area (Å²) in [6.07, 6.45) is -0.813. The number of aromatic carboxylic acids is 1. The Morgan fingerprint density at radius 3 is 2.27 bits per heavy atom. The van der Waals surface area contributed by atoms with Crippen molar-refractivity contribution < 1.29 is 34.1 Å². The molecule has 1 aromatic rings. The lowest BCUT2D eigenvalue weighted by Crippen LogP contribution is -2.24. The van der Waals surface area contributed by atoms with Gasteiger partial charge in [0, 0.05) is 6.08 Å². The summed E-state index contributed by atoms with van der Waals surface area (Å²) in [4.78, 5) is 33.3. The smallest absolute Gasteiger partial charge is 0.339 e. The molecule has 0 aliphatic rings. The summed E-state index contributed by atoms with van der Waals surface area (Å²) in [6, 6.07) is 5.44. The van der Waals surface area contributed by atoms with Crippen LogP contribution in [0.5, 0.6) is 0 Å². The third-order valence-electron chi connectivity index (χ3n) is 2.15. The average molecular weight is 310 g/mol. The van der Waals surface area contributed by atoms with E-state index < -0.39 is 30.8 Å². The molecule has 1 atom stereocenters. The normalized spacial score (nSPS) is 10.5. The van der Waals surface area contributed by atoms with Crippen LogP contribution in [0.3, 0.4) is 0 Å². The molecule has 0 aromatic heterocycles. The first kappa shape index (κ1) is 19.3. The Hall–Kier alpha value is -2.67. The molecule has 0 aliphatic carbocycles. The summed E-state index contributed by atoms with van der Waals surface area (Å²) in [5, 5.41) is 18.1. The number of carboxylic acids is 1. The van der Waals surface area contributed by atoms with E-state index in [1.165, 1.54) is 24.3 Å². The highest BCUT2D eigenvalue weighted by Crippen LogP contribution is 2.10. The Kier molecular flexibility index (Phi) is 8.89. The van der Waals surface area contributed by atoms with E-state index in [1.54, 1.807) is 0 Å². The van der Waals surface area contributed by atoms with E-state index in [-0.39, 0.29) is 11.1 Å². The van der Waals surface area contributed by atoms with E-state index in [1.807, 2.05) is 13.8 Å². The van der Waals surface area contributed by atoms with Crippen LogP contribution in [0, 0.1) is 0 Å². The summed E-state index contributed by atoms with van der Waals surface area (Å²) < 4.78 is 9.03. The van der Waals surface area contributed by atoms with E-state index in [0.717, 1.165) is 6.08 Å². The van der Waals surface area contributed by atoms with Gasteiger partial charge in [0.05, 0.1) is 11.1 Å². The zero-order valence-corrected chi connectivity index (χ0v) is 12.3. The monoisotopic (exact) mass is 310 g/mol. The Labute approximate surface area is 127 Å². The molecular weight excluding hydrogens is 292 g/mol. The van der Waals surface area contributed by atoms with Crippen LogP contribution in [0.25, 0.3) is 0 Å². The summed E-state index contributed by atoms with van der Waals surface area (Å²) in [5.74, 6) is -3.10. The highest BCUT2D eigenvalue weighted by Gasteiger charge is 2.18. The van der Waals surface area contributed by atoms with Crippen molar-refractivity contribution in [2.75, 3.05) is 6.61 Å². The highest BCUT2D eigenvalue weighted by molar-refractivity contribution is 6.02. The second-order valence-corrected chi connectivity index (χ2v) is 3.54. The maximum atomic E-state index is 11.7. The van der Waals surface area contributed by atoms with Crippen molar-refractivity contribution in [3.8, 4) is 0 Å². The summed E-state index contributed by atoms with van der Waals surface area (Å²) in [5.41, 5.74) is -0.391. The Balaban J connectivity index is 0.00000211. The third kappa shape index (κ3) is 6.19. The Morgan fingerprint density at radius 2 is 1.77 bits per heavy atom. The number of aliphatic hydroxyl groups is 1. The second-order valence-electron chi connectivity index (χ2n) is 3.54. The Morgan fingerprint density at radius 1 is 1.23 bits per heavy atom. The lowest BCUT2D eigenvalue weighted by Gasteiger charge is -2.11. The first-order chi connectivity index (χ1) is 10.5. The van der Waals surface area contributed by atoms with Gasteiger partial charge in [0.25, 0.3) is 0 Å². The lowest BCUT2D eigenvalue weighted by molar-refractivity contribution is -0.167. The van der Waals surface area contributed by atoms with Gasteiger partial charge in [0.1, 0.15) is 0 Å². The fraction of sp³-hybridized carbons (Fsp3) is 0.267. The number of esters is 2. The number of benzene rings is 1. The molecule has 1 unspecified atom stereocenters. The molecule has 7 nitrogen and oxygen atoms in total. The molecular formula is C15H18O7. The van der Waals surface area contributed by atoms with Gasteiger partial charge in [0.2, 0.25) is 6.29 Å². The fourth-order valence-electron chi connectivity index (χ4n) is 1.29. The molecule has 0 radical (unpaired) electrons. The van der Waals surface area contributed by atoms with Gasteiger partial charge in [-0.25, -0.2) is 14.4 Å². The third-order valence-corrected chi connectivity index (χ3v) is 2.15. The molecule has 0 bridgehead atoms. The van der Waals surface area contributed by atoms with Crippen molar-refractivity contribution in [2.45, 2.75) is 20.1 Å². The fourth-order valence-corrected chi connectivity index (χ4v) is 1.29. The van der Waals surface area contributed by atoms with Crippen LogP contribution >= 0.6 is 0 Å². The zero-order chi connectivity index (χ0) is 17.1. The molecule has 120 valence electrons. The molecule has 7 heteroatoms. The number of hydrogen-bond donors (Lipinski definition) is 2. The minimum Gasteiger partial charge on any atom is -0.478 e. The first-order valence-corrected chi connectivity index (χ1v) is 6.46. The van der Waals surface area contributed by atoms with Crippen LogP contribution in [0.15, 0.2) is 36.9 Å². The van der Waals surface area contributed by atoms with Crippen LogP contribution < -0.4 is 0 Å².